The van der Waals surface area contributed by atoms with E-state index in [1.807, 2.05) is 0 Å². The molecule has 0 aromatic rings. The quantitative estimate of drug-likeness (QED) is 0.596. The Labute approximate surface area is 88.0 Å². The van der Waals surface area contributed by atoms with Crippen molar-refractivity contribution in [3.8, 4) is 0 Å². The fourth-order valence-electron chi connectivity index (χ4n) is 1.31. The van der Waals surface area contributed by atoms with Gasteiger partial charge in [-0.25, -0.2) is 5.43 Å². The number of alkyl halides is 6. The predicted molar refractivity (Wildman–Crippen MR) is 43.0 cm³/mol. The molecule has 16 heavy (non-hydrogen) atoms. The highest BCUT2D eigenvalue weighted by atomic mass is 19.4. The van der Waals surface area contributed by atoms with Crippen LogP contribution in [0.1, 0.15) is 6.92 Å². The minimum Gasteiger partial charge on any atom is -0.293 e. The van der Waals surface area contributed by atoms with Crippen molar-refractivity contribution >= 4 is 0 Å². The van der Waals surface area contributed by atoms with Gasteiger partial charge < -0.3 is 0 Å². The van der Waals surface area contributed by atoms with Gasteiger partial charge in [-0.1, -0.05) is 0 Å². The van der Waals surface area contributed by atoms with E-state index in [4.69, 9.17) is 0 Å². The highest BCUT2D eigenvalue weighted by molar-refractivity contribution is 5.11. The highest BCUT2D eigenvalue weighted by Crippen LogP contribution is 2.53. The van der Waals surface area contributed by atoms with Gasteiger partial charge in [0.1, 0.15) is 0 Å². The zero-order valence-electron chi connectivity index (χ0n) is 8.74. The first-order chi connectivity index (χ1) is 6.95. The third-order valence-electron chi connectivity index (χ3n) is 2.54. The molecule has 1 saturated heterocycles. The van der Waals surface area contributed by atoms with Crippen LogP contribution in [0.2, 0.25) is 0 Å². The van der Waals surface area contributed by atoms with Crippen molar-refractivity contribution in [1.29, 1.82) is 0 Å². The normalized spacial score (nSPS) is 27.0. The molecule has 0 aromatic heterocycles. The van der Waals surface area contributed by atoms with E-state index in [0.29, 0.717) is 0 Å². The van der Waals surface area contributed by atoms with Crippen molar-refractivity contribution in [2.45, 2.75) is 31.1 Å². The Hall–Kier alpha value is -0.540. The molecule has 1 aliphatic rings. The molecule has 2 atom stereocenters. The van der Waals surface area contributed by atoms with E-state index in [-0.39, 0.29) is 5.01 Å². The molecule has 0 spiro atoms. The van der Waals surface area contributed by atoms with Gasteiger partial charge in [-0.2, -0.15) is 31.4 Å². The Kier molecular flexibility index (Phi) is 2.94. The van der Waals surface area contributed by atoms with E-state index >= 15 is 0 Å². The molecule has 3 nitrogen and oxygen atoms in total. The molecular weight excluding hydrogens is 240 g/mol. The topological polar surface area (TPSA) is 28.2 Å². The molecule has 0 saturated carbocycles. The Balaban J connectivity index is 2.99. The first kappa shape index (κ1) is 13.5. The van der Waals surface area contributed by atoms with Crippen LogP contribution in [0.4, 0.5) is 26.3 Å². The van der Waals surface area contributed by atoms with Crippen molar-refractivity contribution < 1.29 is 26.3 Å². The number of hydrogen-bond acceptors (Lipinski definition) is 3. The molecule has 0 aliphatic carbocycles. The number of halogens is 6. The van der Waals surface area contributed by atoms with Gasteiger partial charge >= 0.3 is 12.4 Å². The van der Waals surface area contributed by atoms with E-state index in [0.717, 1.165) is 0 Å². The number of hydrazine groups is 1. The lowest BCUT2D eigenvalue weighted by Crippen LogP contribution is -2.53. The summed E-state index contributed by atoms with van der Waals surface area (Å²) < 4.78 is 74.5. The Morgan fingerprint density at radius 3 is 1.62 bits per heavy atom. The summed E-state index contributed by atoms with van der Waals surface area (Å²) in [5, 5.41) is 0.146. The van der Waals surface area contributed by atoms with Crippen LogP contribution in [0.15, 0.2) is 0 Å². The Morgan fingerprint density at radius 2 is 1.44 bits per heavy atom. The summed E-state index contributed by atoms with van der Waals surface area (Å²) in [6, 6.07) is 0. The zero-order valence-corrected chi connectivity index (χ0v) is 8.74. The summed E-state index contributed by atoms with van der Waals surface area (Å²) in [5.41, 5.74) is -2.53. The number of hydrogen-bond donors (Lipinski definition) is 1. The highest BCUT2D eigenvalue weighted by Gasteiger charge is 2.85. The second-order valence-electron chi connectivity index (χ2n) is 3.78. The van der Waals surface area contributed by atoms with E-state index < -0.39 is 24.2 Å². The largest absolute Gasteiger partial charge is 0.431 e. The molecule has 96 valence electrons. The van der Waals surface area contributed by atoms with Crippen LogP contribution in [0.5, 0.6) is 0 Å². The van der Waals surface area contributed by atoms with Gasteiger partial charge in [-0.3, -0.25) is 4.90 Å². The van der Waals surface area contributed by atoms with Crippen LogP contribution in [0, 0.1) is 0 Å². The molecular formula is C7H11F6N3. The Morgan fingerprint density at radius 1 is 1.06 bits per heavy atom. The first-order valence-electron chi connectivity index (χ1n) is 4.32. The fraction of sp³-hybridized carbons (Fsp3) is 1.00. The van der Waals surface area contributed by atoms with Crippen molar-refractivity contribution in [2.24, 2.45) is 0 Å². The average Bonchev–Trinajstić information content (AvgIpc) is 2.74. The molecule has 0 radical (unpaired) electrons. The third-order valence-corrected chi connectivity index (χ3v) is 2.54. The maximum atomic E-state index is 12.4. The maximum absolute atomic E-state index is 12.4. The Bertz CT molecular complexity index is 256. The van der Waals surface area contributed by atoms with Crippen molar-refractivity contribution in [3.63, 3.8) is 0 Å². The van der Waals surface area contributed by atoms with Crippen molar-refractivity contribution in [1.82, 2.24) is 15.3 Å². The molecule has 1 aliphatic heterocycles. The van der Waals surface area contributed by atoms with Gasteiger partial charge in [0.25, 0.3) is 5.66 Å². The van der Waals surface area contributed by atoms with E-state index in [9.17, 15) is 26.3 Å². The van der Waals surface area contributed by atoms with Crippen LogP contribution >= 0.6 is 0 Å². The molecule has 0 bridgehead atoms. The summed E-state index contributed by atoms with van der Waals surface area (Å²) in [6.07, 6.45) is -11.8. The van der Waals surface area contributed by atoms with Crippen LogP contribution in [-0.4, -0.2) is 48.2 Å². The van der Waals surface area contributed by atoms with Crippen LogP contribution in [-0.2, 0) is 0 Å². The minimum atomic E-state index is -5.41. The minimum absolute atomic E-state index is 0.146. The SMILES string of the molecule is CC(N(C)C)N1NC1(C(F)(F)F)C(F)(F)F. The summed E-state index contributed by atoms with van der Waals surface area (Å²) in [5.74, 6) is 0. The molecule has 1 fully saturated rings. The summed E-state index contributed by atoms with van der Waals surface area (Å²) in [6.45, 7) is 1.24. The number of rotatable bonds is 2. The van der Waals surface area contributed by atoms with Gasteiger partial charge in [-0.15, -0.1) is 0 Å². The zero-order chi connectivity index (χ0) is 12.9. The van der Waals surface area contributed by atoms with Gasteiger partial charge in [0.15, 0.2) is 0 Å². The fourth-order valence-corrected chi connectivity index (χ4v) is 1.31. The second kappa shape index (κ2) is 3.47. The van der Waals surface area contributed by atoms with Crippen LogP contribution in [0.3, 0.4) is 0 Å². The van der Waals surface area contributed by atoms with Crippen LogP contribution in [0.25, 0.3) is 0 Å². The summed E-state index contributed by atoms with van der Waals surface area (Å²) in [4.78, 5) is 1.24. The summed E-state index contributed by atoms with van der Waals surface area (Å²) in [7, 11) is 2.78. The monoisotopic (exact) mass is 251 g/mol. The molecule has 1 heterocycles. The average molecular weight is 251 g/mol. The molecule has 9 heteroatoms. The second-order valence-corrected chi connectivity index (χ2v) is 3.78. The molecule has 0 amide bonds. The standard InChI is InChI=1S/C7H11F6N3/c1-4(15(2)3)16-5(14-16,6(8,9)10)7(11,12)13/h4,14H,1-3H3. The molecule has 0 aromatic carbocycles. The predicted octanol–water partition coefficient (Wildman–Crippen LogP) is 1.54. The lowest BCUT2D eigenvalue weighted by Gasteiger charge is -2.26. The van der Waals surface area contributed by atoms with Gasteiger partial charge in [0.05, 0.1) is 6.17 Å². The maximum Gasteiger partial charge on any atom is 0.431 e. The lowest BCUT2D eigenvalue weighted by molar-refractivity contribution is -0.283. The van der Waals surface area contributed by atoms with Crippen molar-refractivity contribution in [2.75, 3.05) is 14.1 Å². The van der Waals surface area contributed by atoms with Gasteiger partial charge in [-0.05, 0) is 21.0 Å². The number of nitrogens with one attached hydrogen (secondary N) is 1. The van der Waals surface area contributed by atoms with Gasteiger partial charge in [0.2, 0.25) is 0 Å². The molecule has 1 N–H and O–H groups in total. The van der Waals surface area contributed by atoms with Gasteiger partial charge in [0, 0.05) is 0 Å². The summed E-state index contributed by atoms with van der Waals surface area (Å²) >= 11 is 0. The lowest BCUT2D eigenvalue weighted by atomic mass is 10.2. The van der Waals surface area contributed by atoms with Crippen molar-refractivity contribution in [3.05, 3.63) is 0 Å². The van der Waals surface area contributed by atoms with Crippen LogP contribution < -0.4 is 5.43 Å². The van der Waals surface area contributed by atoms with E-state index in [1.165, 1.54) is 31.3 Å². The third kappa shape index (κ3) is 1.76. The molecule has 1 rings (SSSR count). The molecule has 2 unspecified atom stereocenters. The number of nitrogens with zero attached hydrogens (tertiary/aromatic N) is 2. The van der Waals surface area contributed by atoms with E-state index in [2.05, 4.69) is 0 Å². The first-order valence-corrected chi connectivity index (χ1v) is 4.32. The van der Waals surface area contributed by atoms with E-state index in [1.54, 1.807) is 0 Å². The smallest absolute Gasteiger partial charge is 0.293 e.